The molecule has 0 amide bonds. The fourth-order valence-electron chi connectivity index (χ4n) is 2.61. The number of rotatable bonds is 7. The lowest BCUT2D eigenvalue weighted by atomic mass is 10.2. The highest BCUT2D eigenvalue weighted by Gasteiger charge is 2.35. The standard InChI is InChI=1S/C16H24N2O5/c1-2-3-4-5-6-7-11-9-18(16(22)17-15(11)21)14-8-12(20)13(10-19)23-14/h6-7,9,12-14,19-20H,2-5,8,10H2,1H3,(H,17,21,22)/b7-6+/t12-,13+,14+/m0/s1. The Kier molecular flexibility index (Phi) is 6.32. The van der Waals surface area contributed by atoms with E-state index in [1.165, 1.54) is 10.8 Å². The van der Waals surface area contributed by atoms with E-state index < -0.39 is 29.7 Å². The largest absolute Gasteiger partial charge is 0.394 e. The van der Waals surface area contributed by atoms with Gasteiger partial charge in [0.1, 0.15) is 12.3 Å². The van der Waals surface area contributed by atoms with Crippen LogP contribution >= 0.6 is 0 Å². The Morgan fingerprint density at radius 1 is 1.43 bits per heavy atom. The Labute approximate surface area is 134 Å². The van der Waals surface area contributed by atoms with Crippen LogP contribution in [0.5, 0.6) is 0 Å². The first-order valence-corrected chi connectivity index (χ1v) is 8.03. The Balaban J connectivity index is 2.17. The van der Waals surface area contributed by atoms with Crippen molar-refractivity contribution in [1.29, 1.82) is 0 Å². The number of allylic oxidation sites excluding steroid dienone is 1. The Morgan fingerprint density at radius 3 is 2.87 bits per heavy atom. The first kappa shape index (κ1) is 17.7. The van der Waals surface area contributed by atoms with E-state index in [4.69, 9.17) is 9.84 Å². The van der Waals surface area contributed by atoms with Crippen molar-refractivity contribution in [2.24, 2.45) is 0 Å². The van der Waals surface area contributed by atoms with E-state index in [0.29, 0.717) is 5.56 Å². The van der Waals surface area contributed by atoms with Gasteiger partial charge in [-0.15, -0.1) is 0 Å². The summed E-state index contributed by atoms with van der Waals surface area (Å²) in [5, 5.41) is 18.9. The van der Waals surface area contributed by atoms with Crippen molar-refractivity contribution in [3.05, 3.63) is 38.7 Å². The second kappa shape index (κ2) is 8.24. The summed E-state index contributed by atoms with van der Waals surface area (Å²) in [6, 6.07) is 0. The highest BCUT2D eigenvalue weighted by molar-refractivity contribution is 5.46. The number of ether oxygens (including phenoxy) is 1. The van der Waals surface area contributed by atoms with E-state index in [0.717, 1.165) is 25.7 Å². The minimum atomic E-state index is -0.836. The SMILES string of the molecule is CCCCC/C=C/c1cn([C@H]2C[C@H](O)[C@@H](CO)O2)c(=O)[nH]c1=O. The molecule has 7 heteroatoms. The number of unbranched alkanes of at least 4 members (excludes halogenated alkanes) is 3. The van der Waals surface area contributed by atoms with Crippen molar-refractivity contribution in [3.63, 3.8) is 0 Å². The minimum absolute atomic E-state index is 0.191. The Morgan fingerprint density at radius 2 is 2.22 bits per heavy atom. The van der Waals surface area contributed by atoms with Crippen molar-refractivity contribution in [2.75, 3.05) is 6.61 Å². The molecule has 3 atom stereocenters. The fraction of sp³-hybridized carbons (Fsp3) is 0.625. The zero-order chi connectivity index (χ0) is 16.8. The number of aromatic nitrogens is 2. The number of hydrogen-bond donors (Lipinski definition) is 3. The van der Waals surface area contributed by atoms with Crippen LogP contribution in [-0.4, -0.2) is 38.6 Å². The quantitative estimate of drug-likeness (QED) is 0.643. The molecule has 2 heterocycles. The lowest BCUT2D eigenvalue weighted by Gasteiger charge is -2.14. The van der Waals surface area contributed by atoms with Crippen LogP contribution in [0.2, 0.25) is 0 Å². The molecular formula is C16H24N2O5. The molecule has 0 aromatic carbocycles. The summed E-state index contributed by atoms with van der Waals surface area (Å²) in [5.41, 5.74) is -0.671. The van der Waals surface area contributed by atoms with Crippen LogP contribution in [0.4, 0.5) is 0 Å². The van der Waals surface area contributed by atoms with E-state index in [-0.39, 0.29) is 13.0 Å². The predicted molar refractivity (Wildman–Crippen MR) is 86.1 cm³/mol. The highest BCUT2D eigenvalue weighted by Crippen LogP contribution is 2.27. The average molecular weight is 324 g/mol. The number of nitrogens with one attached hydrogen (secondary N) is 1. The van der Waals surface area contributed by atoms with Crippen LogP contribution in [0, 0.1) is 0 Å². The topological polar surface area (TPSA) is 105 Å². The molecule has 2 rings (SSSR count). The maximum atomic E-state index is 12.0. The van der Waals surface area contributed by atoms with E-state index in [2.05, 4.69) is 11.9 Å². The van der Waals surface area contributed by atoms with E-state index >= 15 is 0 Å². The van der Waals surface area contributed by atoms with Gasteiger partial charge in [0.25, 0.3) is 5.56 Å². The van der Waals surface area contributed by atoms with Crippen molar-refractivity contribution in [3.8, 4) is 0 Å². The summed E-state index contributed by atoms with van der Waals surface area (Å²) in [6.45, 7) is 1.81. The second-order valence-electron chi connectivity index (χ2n) is 5.76. The van der Waals surface area contributed by atoms with Gasteiger partial charge in [-0.2, -0.15) is 0 Å². The summed E-state index contributed by atoms with van der Waals surface area (Å²) in [4.78, 5) is 26.1. The Bertz CT molecular complexity index is 649. The summed E-state index contributed by atoms with van der Waals surface area (Å²) in [7, 11) is 0. The van der Waals surface area contributed by atoms with Crippen LogP contribution in [0.1, 0.15) is 50.8 Å². The molecule has 7 nitrogen and oxygen atoms in total. The zero-order valence-electron chi connectivity index (χ0n) is 13.3. The van der Waals surface area contributed by atoms with Crippen molar-refractivity contribution in [2.45, 2.75) is 57.5 Å². The lowest BCUT2D eigenvalue weighted by Crippen LogP contribution is -2.33. The van der Waals surface area contributed by atoms with Gasteiger partial charge in [0.15, 0.2) is 0 Å². The molecule has 0 aliphatic carbocycles. The molecule has 1 saturated heterocycles. The third-order valence-corrected chi connectivity index (χ3v) is 3.96. The molecular weight excluding hydrogens is 300 g/mol. The monoisotopic (exact) mass is 324 g/mol. The molecule has 0 saturated carbocycles. The normalized spacial score (nSPS) is 24.6. The maximum Gasteiger partial charge on any atom is 0.330 e. The molecule has 23 heavy (non-hydrogen) atoms. The third kappa shape index (κ3) is 4.40. The smallest absolute Gasteiger partial charge is 0.330 e. The van der Waals surface area contributed by atoms with Gasteiger partial charge >= 0.3 is 5.69 Å². The highest BCUT2D eigenvalue weighted by atomic mass is 16.5. The summed E-state index contributed by atoms with van der Waals surface area (Å²) >= 11 is 0. The molecule has 1 fully saturated rings. The van der Waals surface area contributed by atoms with Gasteiger partial charge < -0.3 is 14.9 Å². The zero-order valence-corrected chi connectivity index (χ0v) is 13.3. The molecule has 3 N–H and O–H groups in total. The predicted octanol–water partition coefficient (Wildman–Crippen LogP) is 0.771. The van der Waals surface area contributed by atoms with Gasteiger partial charge in [-0.3, -0.25) is 14.3 Å². The number of aliphatic hydroxyl groups excluding tert-OH is 2. The average Bonchev–Trinajstić information content (AvgIpc) is 2.89. The summed E-state index contributed by atoms with van der Waals surface area (Å²) < 4.78 is 6.71. The second-order valence-corrected chi connectivity index (χ2v) is 5.76. The van der Waals surface area contributed by atoms with E-state index in [9.17, 15) is 14.7 Å². The molecule has 0 radical (unpaired) electrons. The molecule has 0 bridgehead atoms. The van der Waals surface area contributed by atoms with E-state index in [1.54, 1.807) is 6.08 Å². The molecule has 128 valence electrons. The van der Waals surface area contributed by atoms with Gasteiger partial charge in [0.05, 0.1) is 18.3 Å². The van der Waals surface area contributed by atoms with Crippen LogP contribution in [-0.2, 0) is 4.74 Å². The molecule has 1 aliphatic rings. The van der Waals surface area contributed by atoms with Crippen LogP contribution in [0.15, 0.2) is 21.9 Å². The molecule has 1 aromatic rings. The van der Waals surface area contributed by atoms with Gasteiger partial charge in [0, 0.05) is 12.6 Å². The number of aliphatic hydroxyl groups is 2. The van der Waals surface area contributed by atoms with Gasteiger partial charge in [-0.25, -0.2) is 4.79 Å². The van der Waals surface area contributed by atoms with Crippen molar-refractivity contribution < 1.29 is 14.9 Å². The van der Waals surface area contributed by atoms with Crippen molar-refractivity contribution in [1.82, 2.24) is 9.55 Å². The molecule has 1 aliphatic heterocycles. The van der Waals surface area contributed by atoms with Crippen LogP contribution < -0.4 is 11.2 Å². The first-order chi connectivity index (χ1) is 11.1. The van der Waals surface area contributed by atoms with Crippen LogP contribution in [0.25, 0.3) is 6.08 Å². The lowest BCUT2D eigenvalue weighted by molar-refractivity contribution is -0.0459. The van der Waals surface area contributed by atoms with Gasteiger partial charge in [-0.05, 0) is 12.8 Å². The molecule has 0 spiro atoms. The summed E-state index contributed by atoms with van der Waals surface area (Å²) in [6.07, 6.45) is 7.19. The number of aromatic amines is 1. The van der Waals surface area contributed by atoms with E-state index in [1.807, 2.05) is 6.08 Å². The number of hydrogen-bond acceptors (Lipinski definition) is 5. The first-order valence-electron chi connectivity index (χ1n) is 8.03. The number of nitrogens with zero attached hydrogens (tertiary/aromatic N) is 1. The van der Waals surface area contributed by atoms with Gasteiger partial charge in [0.2, 0.25) is 0 Å². The third-order valence-electron chi connectivity index (χ3n) is 3.96. The fourth-order valence-corrected chi connectivity index (χ4v) is 2.61. The number of H-pyrrole nitrogens is 1. The maximum absolute atomic E-state index is 12.0. The van der Waals surface area contributed by atoms with Crippen LogP contribution in [0.3, 0.4) is 0 Å². The minimum Gasteiger partial charge on any atom is -0.394 e. The summed E-state index contributed by atoms with van der Waals surface area (Å²) in [5.74, 6) is 0. The Hall–Kier alpha value is -1.70. The molecule has 0 unspecified atom stereocenters. The van der Waals surface area contributed by atoms with Crippen molar-refractivity contribution >= 4 is 6.08 Å². The molecule has 1 aromatic heterocycles. The van der Waals surface area contributed by atoms with Gasteiger partial charge in [-0.1, -0.05) is 31.9 Å².